The maximum Gasteiger partial charge on any atom is 0.315 e. The Labute approximate surface area is 137 Å². The standard InChI is InChI=1S/C13H17N7O4/c1-8(2)24-12-10(20(21)22)4-9(5-11(12)23-3)6-15-17-13-18-16-7-19(13)14/h4-8H,14H2,1-3H3,(H,17,18)/b15-6-. The van der Waals surface area contributed by atoms with Gasteiger partial charge >= 0.3 is 5.69 Å². The molecule has 1 heterocycles. The molecule has 0 amide bonds. The van der Waals surface area contributed by atoms with Gasteiger partial charge in [-0.1, -0.05) is 0 Å². The molecule has 0 aliphatic carbocycles. The molecule has 11 nitrogen and oxygen atoms in total. The number of hydrogen-bond donors (Lipinski definition) is 2. The highest BCUT2D eigenvalue weighted by atomic mass is 16.6. The smallest absolute Gasteiger partial charge is 0.315 e. The SMILES string of the molecule is COc1cc(/C=N\Nc2nncn2N)cc([N+](=O)[O-])c1OC(C)C. The summed E-state index contributed by atoms with van der Waals surface area (Å²) in [5.41, 5.74) is 2.79. The van der Waals surface area contributed by atoms with Crippen molar-refractivity contribution in [2.24, 2.45) is 5.10 Å². The van der Waals surface area contributed by atoms with Crippen LogP contribution in [0.2, 0.25) is 0 Å². The van der Waals surface area contributed by atoms with Crippen LogP contribution < -0.4 is 20.7 Å². The van der Waals surface area contributed by atoms with Crippen molar-refractivity contribution in [3.63, 3.8) is 0 Å². The molecule has 1 aromatic carbocycles. The number of nitrogens with zero attached hydrogens (tertiary/aromatic N) is 5. The first-order valence-corrected chi connectivity index (χ1v) is 6.89. The lowest BCUT2D eigenvalue weighted by atomic mass is 10.2. The van der Waals surface area contributed by atoms with Gasteiger partial charge in [0, 0.05) is 11.6 Å². The van der Waals surface area contributed by atoms with E-state index in [2.05, 4.69) is 20.7 Å². The summed E-state index contributed by atoms with van der Waals surface area (Å²) in [7, 11) is 1.41. The van der Waals surface area contributed by atoms with Crippen molar-refractivity contribution in [1.82, 2.24) is 14.9 Å². The van der Waals surface area contributed by atoms with Crippen molar-refractivity contribution >= 4 is 17.9 Å². The van der Waals surface area contributed by atoms with Gasteiger partial charge in [0.25, 0.3) is 5.95 Å². The van der Waals surface area contributed by atoms with Crippen LogP contribution in [0.4, 0.5) is 11.6 Å². The van der Waals surface area contributed by atoms with Crippen molar-refractivity contribution < 1.29 is 14.4 Å². The van der Waals surface area contributed by atoms with E-state index >= 15 is 0 Å². The number of hydrogen-bond acceptors (Lipinski definition) is 9. The minimum absolute atomic E-state index is 0.0734. The highest BCUT2D eigenvalue weighted by Crippen LogP contribution is 2.38. The van der Waals surface area contributed by atoms with Gasteiger partial charge in [0.1, 0.15) is 6.33 Å². The Hall–Kier alpha value is -3.37. The van der Waals surface area contributed by atoms with Crippen molar-refractivity contribution in [3.8, 4) is 11.5 Å². The Morgan fingerprint density at radius 2 is 2.25 bits per heavy atom. The summed E-state index contributed by atoms with van der Waals surface area (Å²) < 4.78 is 11.8. The normalized spacial score (nSPS) is 11.0. The quantitative estimate of drug-likeness (QED) is 0.332. The van der Waals surface area contributed by atoms with Gasteiger partial charge in [-0.2, -0.15) is 5.10 Å². The zero-order valence-electron chi connectivity index (χ0n) is 13.3. The van der Waals surface area contributed by atoms with Crippen LogP contribution >= 0.6 is 0 Å². The van der Waals surface area contributed by atoms with E-state index in [1.165, 1.54) is 25.7 Å². The van der Waals surface area contributed by atoms with E-state index in [0.717, 1.165) is 4.68 Å². The summed E-state index contributed by atoms with van der Waals surface area (Å²) >= 11 is 0. The molecule has 0 atom stereocenters. The minimum atomic E-state index is -0.540. The predicted molar refractivity (Wildman–Crippen MR) is 86.8 cm³/mol. The summed E-state index contributed by atoms with van der Waals surface area (Å²) in [5.74, 6) is 6.05. The summed E-state index contributed by atoms with van der Waals surface area (Å²) in [6.07, 6.45) is 2.42. The molecule has 0 bridgehead atoms. The van der Waals surface area contributed by atoms with Gasteiger partial charge in [-0.3, -0.25) is 10.1 Å². The fourth-order valence-corrected chi connectivity index (χ4v) is 1.81. The first kappa shape index (κ1) is 17.0. The summed E-state index contributed by atoms with van der Waals surface area (Å²) in [5, 5.41) is 22.5. The number of anilines is 1. The molecule has 0 saturated carbocycles. The fourth-order valence-electron chi connectivity index (χ4n) is 1.81. The molecular weight excluding hydrogens is 318 g/mol. The first-order chi connectivity index (χ1) is 11.4. The van der Waals surface area contributed by atoms with Gasteiger partial charge < -0.3 is 15.3 Å². The molecule has 1 aromatic heterocycles. The Morgan fingerprint density at radius 3 is 2.79 bits per heavy atom. The van der Waals surface area contributed by atoms with Gasteiger partial charge in [-0.25, -0.2) is 10.1 Å². The van der Waals surface area contributed by atoms with Gasteiger partial charge in [0.05, 0.1) is 24.4 Å². The van der Waals surface area contributed by atoms with E-state index in [0.29, 0.717) is 5.56 Å². The van der Waals surface area contributed by atoms with Gasteiger partial charge in [-0.15, -0.1) is 10.2 Å². The molecular formula is C13H17N7O4. The van der Waals surface area contributed by atoms with Gasteiger partial charge in [0.15, 0.2) is 5.75 Å². The Morgan fingerprint density at radius 1 is 1.50 bits per heavy atom. The third kappa shape index (κ3) is 3.88. The molecule has 0 aliphatic rings. The topological polar surface area (TPSA) is 143 Å². The number of benzene rings is 1. The summed E-state index contributed by atoms with van der Waals surface area (Å²) in [6, 6.07) is 2.90. The second-order valence-electron chi connectivity index (χ2n) is 4.93. The number of nitrogen functional groups attached to an aromatic ring is 1. The monoisotopic (exact) mass is 335 g/mol. The number of nitro benzene ring substituents is 1. The van der Waals surface area contributed by atoms with Crippen LogP contribution in [-0.4, -0.2) is 39.2 Å². The van der Waals surface area contributed by atoms with Crippen molar-refractivity contribution in [1.29, 1.82) is 0 Å². The molecule has 0 fully saturated rings. The van der Waals surface area contributed by atoms with Crippen molar-refractivity contribution in [2.45, 2.75) is 20.0 Å². The van der Waals surface area contributed by atoms with E-state index in [-0.39, 0.29) is 29.2 Å². The average molecular weight is 335 g/mol. The van der Waals surface area contributed by atoms with Crippen LogP contribution in [-0.2, 0) is 0 Å². The maximum absolute atomic E-state index is 11.3. The molecule has 11 heteroatoms. The number of rotatable bonds is 7. The number of ether oxygens (including phenoxy) is 2. The first-order valence-electron chi connectivity index (χ1n) is 6.89. The van der Waals surface area contributed by atoms with Crippen LogP contribution in [0.5, 0.6) is 11.5 Å². The third-order valence-electron chi connectivity index (χ3n) is 2.78. The maximum atomic E-state index is 11.3. The van der Waals surface area contributed by atoms with Crippen LogP contribution in [0.1, 0.15) is 19.4 Å². The fraction of sp³-hybridized carbons (Fsp3) is 0.308. The van der Waals surface area contributed by atoms with E-state index in [1.807, 2.05) is 0 Å². The Balaban J connectivity index is 2.32. The molecule has 0 unspecified atom stereocenters. The lowest BCUT2D eigenvalue weighted by Gasteiger charge is -2.14. The number of hydrazone groups is 1. The van der Waals surface area contributed by atoms with E-state index in [4.69, 9.17) is 15.3 Å². The second-order valence-corrected chi connectivity index (χ2v) is 4.93. The number of nitrogens with two attached hydrogens (primary N) is 1. The van der Waals surface area contributed by atoms with Gasteiger partial charge in [0.2, 0.25) is 5.75 Å². The van der Waals surface area contributed by atoms with Crippen molar-refractivity contribution in [3.05, 3.63) is 34.1 Å². The van der Waals surface area contributed by atoms with Crippen LogP contribution in [0, 0.1) is 10.1 Å². The number of nitro groups is 1. The van der Waals surface area contributed by atoms with Crippen LogP contribution in [0.25, 0.3) is 0 Å². The Kier molecular flexibility index (Phi) is 5.14. The van der Waals surface area contributed by atoms with E-state index < -0.39 is 4.92 Å². The average Bonchev–Trinajstić information content (AvgIpc) is 2.92. The largest absolute Gasteiger partial charge is 0.493 e. The highest BCUT2D eigenvalue weighted by Gasteiger charge is 2.22. The minimum Gasteiger partial charge on any atom is -0.493 e. The molecule has 2 rings (SSSR count). The van der Waals surface area contributed by atoms with E-state index in [1.54, 1.807) is 19.9 Å². The van der Waals surface area contributed by atoms with Crippen LogP contribution in [0.3, 0.4) is 0 Å². The van der Waals surface area contributed by atoms with Crippen LogP contribution in [0.15, 0.2) is 23.6 Å². The lowest BCUT2D eigenvalue weighted by molar-refractivity contribution is -0.386. The molecule has 3 N–H and O–H groups in total. The Bertz CT molecular complexity index is 757. The molecule has 0 saturated heterocycles. The third-order valence-corrected chi connectivity index (χ3v) is 2.78. The number of methoxy groups -OCH3 is 1. The second kappa shape index (κ2) is 7.26. The number of aromatic nitrogens is 3. The van der Waals surface area contributed by atoms with Crippen molar-refractivity contribution in [2.75, 3.05) is 18.4 Å². The molecule has 0 radical (unpaired) electrons. The van der Waals surface area contributed by atoms with E-state index in [9.17, 15) is 10.1 Å². The molecule has 128 valence electrons. The zero-order chi connectivity index (χ0) is 17.7. The predicted octanol–water partition coefficient (Wildman–Crippen LogP) is 1.14. The molecule has 24 heavy (non-hydrogen) atoms. The zero-order valence-corrected chi connectivity index (χ0v) is 13.3. The van der Waals surface area contributed by atoms with Gasteiger partial charge in [-0.05, 0) is 19.9 Å². The molecule has 0 aliphatic heterocycles. The highest BCUT2D eigenvalue weighted by molar-refractivity contribution is 5.83. The number of nitrogens with one attached hydrogen (secondary N) is 1. The molecule has 2 aromatic rings. The lowest BCUT2D eigenvalue weighted by Crippen LogP contribution is -2.10. The molecule has 0 spiro atoms. The summed E-state index contributed by atoms with van der Waals surface area (Å²) in [6.45, 7) is 3.54. The summed E-state index contributed by atoms with van der Waals surface area (Å²) in [4.78, 5) is 10.8.